The molecule has 1 aromatic heterocycles. The molecule has 3 fully saturated rings. The Labute approximate surface area is 402 Å². The molecule has 10 rings (SSSR count). The molecule has 0 amide bonds. The highest BCUT2D eigenvalue weighted by Gasteiger charge is 2.69. The number of rotatable bonds is 12. The fourth-order valence-corrected chi connectivity index (χ4v) is 13.0. The zero-order chi connectivity index (χ0) is 48.5. The molecule has 5 aliphatic rings. The number of ketones is 2. The maximum Gasteiger partial charge on any atom is 0.417 e. The molecule has 14 heteroatoms. The van der Waals surface area contributed by atoms with Gasteiger partial charge in [-0.3, -0.25) is 19.4 Å². The highest BCUT2D eigenvalue weighted by Crippen LogP contribution is 2.61. The van der Waals surface area contributed by atoms with E-state index in [0.717, 1.165) is 29.5 Å². The zero-order valence-corrected chi connectivity index (χ0v) is 40.9. The van der Waals surface area contributed by atoms with Crippen LogP contribution in [-0.4, -0.2) is 65.2 Å². The van der Waals surface area contributed by atoms with Gasteiger partial charge in [0.25, 0.3) is 5.88 Å². The molecular formula is C55H60F3N3O7Si. The van der Waals surface area contributed by atoms with Gasteiger partial charge in [-0.25, -0.2) is 0 Å². The number of halogens is 3. The van der Waals surface area contributed by atoms with Gasteiger partial charge in [-0.1, -0.05) is 112 Å². The van der Waals surface area contributed by atoms with Crippen LogP contribution in [0.15, 0.2) is 107 Å². The molecule has 1 N–H and O–H groups in total. The molecule has 0 radical (unpaired) electrons. The molecule has 1 unspecified atom stereocenters. The number of fused-ring (bicyclic) bond motifs is 4. The first-order valence-corrected chi connectivity index (χ1v) is 27.2. The Morgan fingerprint density at radius 2 is 1.42 bits per heavy atom. The number of hydrogen-bond acceptors (Lipinski definition) is 10. The number of aliphatic hydroxyl groups is 1. The summed E-state index contributed by atoms with van der Waals surface area (Å²) in [7, 11) is -3.09. The van der Waals surface area contributed by atoms with E-state index >= 15 is 22.8 Å². The van der Waals surface area contributed by atoms with Crippen molar-refractivity contribution >= 4 is 25.6 Å². The van der Waals surface area contributed by atoms with Crippen LogP contribution in [0.2, 0.25) is 18.1 Å². The molecular weight excluding hydrogens is 900 g/mol. The highest BCUT2D eigenvalue weighted by molar-refractivity contribution is 6.74. The summed E-state index contributed by atoms with van der Waals surface area (Å²) in [4.78, 5) is 36.5. The van der Waals surface area contributed by atoms with Crippen molar-refractivity contribution in [3.63, 3.8) is 0 Å². The third-order valence-electron chi connectivity index (χ3n) is 15.8. The van der Waals surface area contributed by atoms with Gasteiger partial charge in [-0.15, -0.1) is 0 Å². The molecule has 0 bridgehead atoms. The molecule has 3 aliphatic carbocycles. The monoisotopic (exact) mass is 959 g/mol. The highest BCUT2D eigenvalue weighted by atomic mass is 28.4. The van der Waals surface area contributed by atoms with Gasteiger partial charge in [0.05, 0.1) is 17.2 Å². The predicted octanol–water partition coefficient (Wildman–Crippen LogP) is 12.0. The summed E-state index contributed by atoms with van der Waals surface area (Å²) in [6.07, 6.45) is -2.10. The summed E-state index contributed by atoms with van der Waals surface area (Å²) < 4.78 is 75.0. The topological polar surface area (TPSA) is 115 Å². The van der Waals surface area contributed by atoms with Crippen LogP contribution in [-0.2, 0) is 41.6 Å². The zero-order valence-electron chi connectivity index (χ0n) is 39.9. The molecule has 362 valence electrons. The van der Waals surface area contributed by atoms with Gasteiger partial charge < -0.3 is 23.5 Å². The summed E-state index contributed by atoms with van der Waals surface area (Å²) in [5.41, 5.74) is -0.706. The molecule has 4 aromatic carbocycles. The Balaban J connectivity index is 1.17. The van der Waals surface area contributed by atoms with Crippen molar-refractivity contribution in [2.24, 2.45) is 11.8 Å². The molecule has 2 aliphatic heterocycles. The Morgan fingerprint density at radius 3 is 2.03 bits per heavy atom. The first-order valence-electron chi connectivity index (χ1n) is 24.3. The van der Waals surface area contributed by atoms with Crippen LogP contribution in [0.5, 0.6) is 11.6 Å². The maximum atomic E-state index is 16.3. The van der Waals surface area contributed by atoms with Crippen LogP contribution < -0.4 is 9.47 Å². The van der Waals surface area contributed by atoms with Crippen molar-refractivity contribution in [2.75, 3.05) is 19.6 Å². The number of Topliss-reactive ketones (excluding diaryl/α,β-unsaturated/α-hetero) is 2. The van der Waals surface area contributed by atoms with E-state index in [1.54, 1.807) is 0 Å². The van der Waals surface area contributed by atoms with E-state index in [1.807, 2.05) is 125 Å². The van der Waals surface area contributed by atoms with Crippen LogP contribution in [0.25, 0.3) is 5.76 Å². The van der Waals surface area contributed by atoms with Crippen molar-refractivity contribution in [2.45, 2.75) is 121 Å². The Morgan fingerprint density at radius 1 is 0.812 bits per heavy atom. The number of alkyl halides is 3. The predicted molar refractivity (Wildman–Crippen MR) is 257 cm³/mol. The number of benzene rings is 4. The van der Waals surface area contributed by atoms with E-state index in [0.29, 0.717) is 39.0 Å². The average molecular weight is 960 g/mol. The minimum Gasteiger partial charge on any atom is -0.507 e. The standard InChI is InChI=1S/C55H60F3N3O7Si/c1-53(2,3)69(4,5)68-54-40(47(60-25-15-16-26-60)49-45(51(54)64)52(59-67-49)66-33-36-22-13-8-14-23-36)29-37-28-39-44(48(62)43(37)50(54)63)42(65-32-35-20-11-7-12-21-35)30-38(46(39)55(56,57)58)41-24-17-27-61(41)31-34-18-9-6-10-19-34/h6-14,18-23,30,37,40-41,47,62H,15-17,24-29,31-33H2,1-5H3/t37-,40-,41?,47-,54-/m0/s1. The lowest BCUT2D eigenvalue weighted by Gasteiger charge is -2.55. The van der Waals surface area contributed by atoms with E-state index in [-0.39, 0.29) is 71.3 Å². The Bertz CT molecular complexity index is 2770. The summed E-state index contributed by atoms with van der Waals surface area (Å²) in [5.74, 6) is -3.60. The van der Waals surface area contributed by atoms with E-state index in [4.69, 9.17) is 18.4 Å². The van der Waals surface area contributed by atoms with Gasteiger partial charge in [-0.2, -0.15) is 13.2 Å². The molecule has 3 heterocycles. The number of carbonyl (C=O) groups excluding carboxylic acids is 2. The number of likely N-dealkylation sites (tertiary alicyclic amines) is 2. The van der Waals surface area contributed by atoms with Gasteiger partial charge in [0.2, 0.25) is 11.6 Å². The van der Waals surface area contributed by atoms with Gasteiger partial charge in [0, 0.05) is 24.1 Å². The van der Waals surface area contributed by atoms with E-state index in [9.17, 15) is 5.11 Å². The number of aliphatic hydroxyl groups excluding tert-OH is 1. The molecule has 69 heavy (non-hydrogen) atoms. The fraction of sp³-hybridized carbons (Fsp3) is 0.436. The number of aromatic nitrogens is 1. The second kappa shape index (κ2) is 18.0. The first-order chi connectivity index (χ1) is 33.0. The molecule has 0 spiro atoms. The van der Waals surface area contributed by atoms with Crippen LogP contribution >= 0.6 is 0 Å². The van der Waals surface area contributed by atoms with E-state index in [1.165, 1.54) is 6.07 Å². The molecule has 2 saturated heterocycles. The van der Waals surface area contributed by atoms with Gasteiger partial charge >= 0.3 is 6.18 Å². The third-order valence-corrected chi connectivity index (χ3v) is 20.2. The largest absolute Gasteiger partial charge is 0.507 e. The summed E-state index contributed by atoms with van der Waals surface area (Å²) in [6, 6.07) is 28.6. The number of ether oxygens (including phenoxy) is 2. The number of hydrogen-bond donors (Lipinski definition) is 1. The SMILES string of the molecule is CC(C)(C)[Si](C)(C)O[C@]12C(=O)C3=C(O)c4c(OCc5ccccc5)cc(C5CCCN5Cc5ccccc5)c(C(F)(F)F)c4C[C@H]3C[C@H]1[C@H](N1CCCC1)c1onc(OCc3ccccc3)c1C2=O. The van der Waals surface area contributed by atoms with Crippen molar-refractivity contribution in [1.29, 1.82) is 0 Å². The van der Waals surface area contributed by atoms with Crippen LogP contribution in [0, 0.1) is 11.8 Å². The van der Waals surface area contributed by atoms with Crippen molar-refractivity contribution in [1.82, 2.24) is 15.0 Å². The fourth-order valence-electron chi connectivity index (χ4n) is 11.5. The lowest BCUT2D eigenvalue weighted by atomic mass is 9.56. The maximum absolute atomic E-state index is 16.3. The smallest absolute Gasteiger partial charge is 0.417 e. The lowest BCUT2D eigenvalue weighted by molar-refractivity contribution is -0.141. The number of nitrogens with zero attached hydrogens (tertiary/aromatic N) is 3. The minimum absolute atomic E-state index is 0.00497. The quantitative estimate of drug-likeness (QED) is 0.0957. The molecule has 10 nitrogen and oxygen atoms in total. The molecule has 5 atom stereocenters. The van der Waals surface area contributed by atoms with Gasteiger partial charge in [0.1, 0.15) is 30.3 Å². The van der Waals surface area contributed by atoms with Crippen molar-refractivity contribution < 1.29 is 46.3 Å². The van der Waals surface area contributed by atoms with Gasteiger partial charge in [-0.05, 0) is 121 Å². The van der Waals surface area contributed by atoms with Crippen LogP contribution in [0.1, 0.15) is 120 Å². The summed E-state index contributed by atoms with van der Waals surface area (Å²) in [5, 5.41) is 16.8. The number of carbonyl (C=O) groups is 2. The minimum atomic E-state index is -4.84. The van der Waals surface area contributed by atoms with Crippen LogP contribution in [0.4, 0.5) is 13.2 Å². The van der Waals surface area contributed by atoms with Gasteiger partial charge in [0.15, 0.2) is 19.7 Å². The molecule has 1 saturated carbocycles. The first kappa shape index (κ1) is 47.1. The average Bonchev–Trinajstić information content (AvgIpc) is 4.11. The second-order valence-corrected chi connectivity index (χ2v) is 25.8. The molecule has 5 aromatic rings. The Hall–Kier alpha value is -5.54. The normalized spacial score (nSPS) is 24.2. The van der Waals surface area contributed by atoms with Crippen LogP contribution in [0.3, 0.4) is 0 Å². The van der Waals surface area contributed by atoms with Crippen molar-refractivity contribution in [3.8, 4) is 11.6 Å². The van der Waals surface area contributed by atoms with E-state index in [2.05, 4.69) is 15.0 Å². The lowest BCUT2D eigenvalue weighted by Crippen LogP contribution is -2.68. The summed E-state index contributed by atoms with van der Waals surface area (Å²) in [6.45, 7) is 12.4. The summed E-state index contributed by atoms with van der Waals surface area (Å²) >= 11 is 0. The van der Waals surface area contributed by atoms with E-state index < -0.39 is 71.9 Å². The Kier molecular flexibility index (Phi) is 12.3. The second-order valence-electron chi connectivity index (χ2n) is 21.0. The third kappa shape index (κ3) is 8.34. The van der Waals surface area contributed by atoms with Crippen molar-refractivity contribution in [3.05, 3.63) is 153 Å².